The molecule has 0 spiro atoms. The molecule has 0 bridgehead atoms. The Hall–Kier alpha value is -1.07. The lowest BCUT2D eigenvalue weighted by Crippen LogP contribution is -2.12. The van der Waals surface area contributed by atoms with Crippen molar-refractivity contribution in [1.82, 2.24) is 0 Å². The first kappa shape index (κ1) is 15.0. The molecule has 4 nitrogen and oxygen atoms in total. The number of nitrogens with two attached hydrogens (primary N) is 2. The predicted octanol–water partition coefficient (Wildman–Crippen LogP) is 2.50. The summed E-state index contributed by atoms with van der Waals surface area (Å²) in [6, 6.07) is 5.71. The monoisotopic (exact) mass is 314 g/mol. The molecule has 18 heavy (non-hydrogen) atoms. The van der Waals surface area contributed by atoms with E-state index >= 15 is 0 Å². The van der Waals surface area contributed by atoms with Crippen LogP contribution >= 0.6 is 15.9 Å². The lowest BCUT2D eigenvalue weighted by molar-refractivity contribution is -0.118. The van der Waals surface area contributed by atoms with Gasteiger partial charge >= 0.3 is 0 Å². The Bertz CT molecular complexity index is 410. The number of carbonyl (C=O) groups is 1. The second-order valence-electron chi connectivity index (χ2n) is 4.21. The van der Waals surface area contributed by atoms with Crippen molar-refractivity contribution in [3.8, 4) is 5.75 Å². The summed E-state index contributed by atoms with van der Waals surface area (Å²) in [7, 11) is 1.63. The SMILES string of the molecule is COc1ccc(C(N)CCCCC(N)=O)c(Br)c1. The largest absolute Gasteiger partial charge is 0.497 e. The standard InChI is InChI=1S/C13H19BrN2O2/c1-18-9-6-7-10(11(14)8-9)12(15)4-2-3-5-13(16)17/h6-8,12H,2-5,15H2,1H3,(H2,16,17). The molecule has 1 aromatic carbocycles. The predicted molar refractivity (Wildman–Crippen MR) is 75.3 cm³/mol. The van der Waals surface area contributed by atoms with Gasteiger partial charge in [0.25, 0.3) is 0 Å². The highest BCUT2D eigenvalue weighted by atomic mass is 79.9. The van der Waals surface area contributed by atoms with Gasteiger partial charge in [-0.1, -0.05) is 28.4 Å². The van der Waals surface area contributed by atoms with Crippen molar-refractivity contribution in [1.29, 1.82) is 0 Å². The summed E-state index contributed by atoms with van der Waals surface area (Å²) in [6.45, 7) is 0. The number of rotatable bonds is 7. The van der Waals surface area contributed by atoms with Gasteiger partial charge in [0.05, 0.1) is 7.11 Å². The van der Waals surface area contributed by atoms with Gasteiger partial charge in [-0.3, -0.25) is 4.79 Å². The summed E-state index contributed by atoms with van der Waals surface area (Å²) in [6.07, 6.45) is 2.94. The summed E-state index contributed by atoms with van der Waals surface area (Å²) in [4.78, 5) is 10.6. The van der Waals surface area contributed by atoms with Crippen LogP contribution in [0.4, 0.5) is 0 Å². The average Bonchev–Trinajstić information content (AvgIpc) is 2.33. The summed E-state index contributed by atoms with van der Waals surface area (Å²) in [5.41, 5.74) is 12.3. The summed E-state index contributed by atoms with van der Waals surface area (Å²) in [5, 5.41) is 0. The quantitative estimate of drug-likeness (QED) is 0.759. The highest BCUT2D eigenvalue weighted by Gasteiger charge is 2.10. The third-order valence-electron chi connectivity index (χ3n) is 2.80. The molecule has 0 radical (unpaired) electrons. The molecule has 1 amide bonds. The van der Waals surface area contributed by atoms with E-state index in [1.165, 1.54) is 0 Å². The Labute approximate surface area is 116 Å². The van der Waals surface area contributed by atoms with Crippen molar-refractivity contribution in [2.75, 3.05) is 7.11 Å². The lowest BCUT2D eigenvalue weighted by atomic mass is 10.0. The van der Waals surface area contributed by atoms with Crippen molar-refractivity contribution in [3.63, 3.8) is 0 Å². The molecule has 0 aliphatic carbocycles. The molecule has 5 heteroatoms. The molecular weight excluding hydrogens is 296 g/mol. The van der Waals surface area contributed by atoms with E-state index in [1.807, 2.05) is 18.2 Å². The van der Waals surface area contributed by atoms with E-state index in [2.05, 4.69) is 15.9 Å². The molecule has 0 saturated carbocycles. The maximum atomic E-state index is 10.6. The van der Waals surface area contributed by atoms with Crippen LogP contribution in [0.3, 0.4) is 0 Å². The van der Waals surface area contributed by atoms with E-state index in [-0.39, 0.29) is 11.9 Å². The normalized spacial score (nSPS) is 12.2. The summed E-state index contributed by atoms with van der Waals surface area (Å²) < 4.78 is 6.08. The van der Waals surface area contributed by atoms with Gasteiger partial charge in [0.15, 0.2) is 0 Å². The Morgan fingerprint density at radius 2 is 2.17 bits per heavy atom. The molecule has 100 valence electrons. The fourth-order valence-corrected chi connectivity index (χ4v) is 2.41. The Balaban J connectivity index is 2.50. The number of benzene rings is 1. The molecule has 1 unspecified atom stereocenters. The zero-order valence-electron chi connectivity index (χ0n) is 10.5. The Kier molecular flexibility index (Phi) is 6.15. The smallest absolute Gasteiger partial charge is 0.217 e. The van der Waals surface area contributed by atoms with Crippen LogP contribution in [0.25, 0.3) is 0 Å². The summed E-state index contributed by atoms with van der Waals surface area (Å²) >= 11 is 3.49. The fraction of sp³-hybridized carbons (Fsp3) is 0.462. The van der Waals surface area contributed by atoms with E-state index in [9.17, 15) is 4.79 Å². The topological polar surface area (TPSA) is 78.3 Å². The lowest BCUT2D eigenvalue weighted by Gasteiger charge is -2.14. The maximum absolute atomic E-state index is 10.6. The molecule has 0 saturated heterocycles. The fourth-order valence-electron chi connectivity index (χ4n) is 1.75. The second kappa shape index (κ2) is 7.38. The van der Waals surface area contributed by atoms with Crippen LogP contribution in [0.1, 0.15) is 37.3 Å². The molecule has 1 rings (SSSR count). The van der Waals surface area contributed by atoms with Crippen LogP contribution in [0.5, 0.6) is 5.75 Å². The molecule has 1 aromatic rings. The van der Waals surface area contributed by atoms with Crippen LogP contribution in [0.2, 0.25) is 0 Å². The minimum Gasteiger partial charge on any atom is -0.497 e. The van der Waals surface area contributed by atoms with E-state index < -0.39 is 0 Å². The first-order valence-corrected chi connectivity index (χ1v) is 6.71. The highest BCUT2D eigenvalue weighted by Crippen LogP contribution is 2.28. The number of carbonyl (C=O) groups excluding carboxylic acids is 1. The Morgan fingerprint density at radius 3 is 2.72 bits per heavy atom. The first-order chi connectivity index (χ1) is 8.54. The number of hydrogen-bond acceptors (Lipinski definition) is 3. The molecular formula is C13H19BrN2O2. The number of methoxy groups -OCH3 is 1. The molecule has 0 aliphatic rings. The van der Waals surface area contributed by atoms with E-state index in [4.69, 9.17) is 16.2 Å². The van der Waals surface area contributed by atoms with Crippen molar-refractivity contribution >= 4 is 21.8 Å². The number of primary amides is 1. The molecule has 4 N–H and O–H groups in total. The van der Waals surface area contributed by atoms with E-state index in [1.54, 1.807) is 7.11 Å². The minimum atomic E-state index is -0.255. The number of hydrogen-bond donors (Lipinski definition) is 2. The number of ether oxygens (including phenoxy) is 1. The summed E-state index contributed by atoms with van der Waals surface area (Å²) in [5.74, 6) is 0.542. The van der Waals surface area contributed by atoms with Gasteiger partial charge in [0, 0.05) is 16.9 Å². The van der Waals surface area contributed by atoms with Crippen LogP contribution in [0, 0.1) is 0 Å². The van der Waals surface area contributed by atoms with Crippen LogP contribution < -0.4 is 16.2 Å². The van der Waals surface area contributed by atoms with Gasteiger partial charge in [-0.25, -0.2) is 0 Å². The van der Waals surface area contributed by atoms with Crippen LogP contribution in [-0.4, -0.2) is 13.0 Å². The van der Waals surface area contributed by atoms with Crippen LogP contribution in [-0.2, 0) is 4.79 Å². The van der Waals surface area contributed by atoms with Gasteiger partial charge < -0.3 is 16.2 Å². The van der Waals surface area contributed by atoms with E-state index in [0.717, 1.165) is 35.0 Å². The third kappa shape index (κ3) is 4.66. The second-order valence-corrected chi connectivity index (χ2v) is 5.06. The molecule has 0 heterocycles. The maximum Gasteiger partial charge on any atom is 0.217 e. The van der Waals surface area contributed by atoms with Crippen molar-refractivity contribution in [2.24, 2.45) is 11.5 Å². The van der Waals surface area contributed by atoms with Crippen molar-refractivity contribution in [2.45, 2.75) is 31.7 Å². The molecule has 0 aliphatic heterocycles. The van der Waals surface area contributed by atoms with Gasteiger partial charge in [-0.15, -0.1) is 0 Å². The van der Waals surface area contributed by atoms with Crippen molar-refractivity contribution < 1.29 is 9.53 Å². The zero-order chi connectivity index (χ0) is 13.5. The minimum absolute atomic E-state index is 0.0434. The average molecular weight is 315 g/mol. The van der Waals surface area contributed by atoms with Gasteiger partial charge in [0.2, 0.25) is 5.91 Å². The molecule has 1 atom stereocenters. The van der Waals surface area contributed by atoms with Crippen LogP contribution in [0.15, 0.2) is 22.7 Å². The van der Waals surface area contributed by atoms with Gasteiger partial charge in [-0.2, -0.15) is 0 Å². The molecule has 0 aromatic heterocycles. The van der Waals surface area contributed by atoms with Gasteiger partial charge in [0.1, 0.15) is 5.75 Å². The van der Waals surface area contributed by atoms with E-state index in [0.29, 0.717) is 6.42 Å². The van der Waals surface area contributed by atoms with Gasteiger partial charge in [-0.05, 0) is 30.5 Å². The first-order valence-electron chi connectivity index (χ1n) is 5.92. The number of amides is 1. The number of unbranched alkanes of at least 4 members (excludes halogenated alkanes) is 1. The molecule has 0 fully saturated rings. The Morgan fingerprint density at radius 1 is 1.44 bits per heavy atom. The zero-order valence-corrected chi connectivity index (χ0v) is 12.1. The van der Waals surface area contributed by atoms with Crippen molar-refractivity contribution in [3.05, 3.63) is 28.2 Å². The highest BCUT2D eigenvalue weighted by molar-refractivity contribution is 9.10. The third-order valence-corrected chi connectivity index (χ3v) is 3.48. The number of halogens is 1.